The summed E-state index contributed by atoms with van der Waals surface area (Å²) < 4.78 is 27.8. The highest BCUT2D eigenvalue weighted by Crippen LogP contribution is 2.40. The van der Waals surface area contributed by atoms with Crippen LogP contribution in [0.5, 0.6) is 0 Å². The van der Waals surface area contributed by atoms with Crippen LogP contribution >= 0.6 is 15.9 Å². The summed E-state index contributed by atoms with van der Waals surface area (Å²) in [5.41, 5.74) is 0.247. The van der Waals surface area contributed by atoms with Crippen LogP contribution < -0.4 is 5.32 Å². The Morgan fingerprint density at radius 1 is 1.31 bits per heavy atom. The van der Waals surface area contributed by atoms with Crippen LogP contribution in [0.4, 0.5) is 8.78 Å². The van der Waals surface area contributed by atoms with E-state index in [-0.39, 0.29) is 12.8 Å². The average molecular weight is 290 g/mol. The molecule has 1 saturated heterocycles. The fourth-order valence-electron chi connectivity index (χ4n) is 2.29. The number of alkyl halides is 2. The van der Waals surface area contributed by atoms with E-state index in [1.807, 2.05) is 31.2 Å². The van der Waals surface area contributed by atoms with Gasteiger partial charge in [0.2, 0.25) is 0 Å². The van der Waals surface area contributed by atoms with Gasteiger partial charge in [0.1, 0.15) is 0 Å². The summed E-state index contributed by atoms with van der Waals surface area (Å²) in [5.74, 6) is -2.57. The smallest absolute Gasteiger partial charge is 0.251 e. The number of benzene rings is 1. The summed E-state index contributed by atoms with van der Waals surface area (Å²) in [4.78, 5) is 0. The molecule has 1 aromatic rings. The maximum Gasteiger partial charge on any atom is 0.251 e. The second-order valence-electron chi connectivity index (χ2n) is 4.52. The van der Waals surface area contributed by atoms with Crippen LogP contribution in [0.3, 0.4) is 0 Å². The van der Waals surface area contributed by atoms with Crippen molar-refractivity contribution in [2.75, 3.05) is 6.54 Å². The zero-order chi connectivity index (χ0) is 11.8. The lowest BCUT2D eigenvalue weighted by Gasteiger charge is -2.40. The fraction of sp³-hybridized carbons (Fsp3) is 0.500. The molecule has 1 aliphatic rings. The van der Waals surface area contributed by atoms with Crippen LogP contribution in [-0.4, -0.2) is 12.5 Å². The van der Waals surface area contributed by atoms with Gasteiger partial charge in [-0.25, -0.2) is 8.78 Å². The minimum Gasteiger partial charge on any atom is -0.307 e. The first-order valence-electron chi connectivity index (χ1n) is 5.31. The highest BCUT2D eigenvalue weighted by molar-refractivity contribution is 9.10. The Morgan fingerprint density at radius 2 is 2.00 bits per heavy atom. The monoisotopic (exact) mass is 289 g/mol. The minimum absolute atomic E-state index is 0.0763. The van der Waals surface area contributed by atoms with Crippen LogP contribution in [0.1, 0.15) is 25.3 Å². The van der Waals surface area contributed by atoms with E-state index in [2.05, 4.69) is 21.2 Å². The lowest BCUT2D eigenvalue weighted by molar-refractivity contribution is -0.0612. The third-order valence-corrected chi connectivity index (χ3v) is 3.78. The van der Waals surface area contributed by atoms with Gasteiger partial charge in [-0.05, 0) is 18.6 Å². The summed E-state index contributed by atoms with van der Waals surface area (Å²) in [7, 11) is 0. The molecule has 0 aromatic heterocycles. The maximum atomic E-state index is 13.5. The SMILES string of the molecule is CC1(c2ccccc2Br)CC(F)(F)CCN1. The van der Waals surface area contributed by atoms with E-state index in [1.54, 1.807) is 0 Å². The van der Waals surface area contributed by atoms with Gasteiger partial charge >= 0.3 is 0 Å². The fourth-order valence-corrected chi connectivity index (χ4v) is 3.01. The predicted octanol–water partition coefficient (Wildman–Crippen LogP) is 3.68. The van der Waals surface area contributed by atoms with Crippen LogP contribution in [0, 0.1) is 0 Å². The molecule has 2 rings (SSSR count). The van der Waals surface area contributed by atoms with Crippen molar-refractivity contribution in [2.24, 2.45) is 0 Å². The summed E-state index contributed by atoms with van der Waals surface area (Å²) in [6, 6.07) is 7.53. The molecule has 4 heteroatoms. The van der Waals surface area contributed by atoms with E-state index < -0.39 is 11.5 Å². The van der Waals surface area contributed by atoms with E-state index in [4.69, 9.17) is 0 Å². The number of hydrogen-bond acceptors (Lipinski definition) is 1. The van der Waals surface area contributed by atoms with Crippen molar-refractivity contribution in [1.29, 1.82) is 0 Å². The molecule has 1 atom stereocenters. The number of piperidine rings is 1. The zero-order valence-electron chi connectivity index (χ0n) is 9.06. The Kier molecular flexibility index (Phi) is 3.05. The van der Waals surface area contributed by atoms with E-state index in [0.717, 1.165) is 10.0 Å². The third kappa shape index (κ3) is 2.28. The van der Waals surface area contributed by atoms with Crippen molar-refractivity contribution in [2.45, 2.75) is 31.2 Å². The Morgan fingerprint density at radius 3 is 2.62 bits per heavy atom. The number of hydrogen-bond donors (Lipinski definition) is 1. The van der Waals surface area contributed by atoms with E-state index in [9.17, 15) is 8.78 Å². The van der Waals surface area contributed by atoms with Gasteiger partial charge in [0.05, 0.1) is 0 Å². The van der Waals surface area contributed by atoms with Gasteiger partial charge in [0, 0.05) is 29.4 Å². The number of halogens is 3. The number of rotatable bonds is 1. The second kappa shape index (κ2) is 4.08. The molecular weight excluding hydrogens is 276 g/mol. The number of nitrogens with one attached hydrogen (secondary N) is 1. The molecule has 1 aromatic carbocycles. The molecular formula is C12H14BrF2N. The molecule has 16 heavy (non-hydrogen) atoms. The second-order valence-corrected chi connectivity index (χ2v) is 5.38. The first-order chi connectivity index (χ1) is 7.43. The Bertz CT molecular complexity index is 394. The van der Waals surface area contributed by atoms with Crippen molar-refractivity contribution in [3.8, 4) is 0 Å². The molecule has 1 aliphatic heterocycles. The molecule has 1 N–H and O–H groups in total. The first-order valence-corrected chi connectivity index (χ1v) is 6.10. The zero-order valence-corrected chi connectivity index (χ0v) is 10.7. The van der Waals surface area contributed by atoms with Crippen molar-refractivity contribution in [1.82, 2.24) is 5.32 Å². The molecule has 0 bridgehead atoms. The van der Waals surface area contributed by atoms with Crippen molar-refractivity contribution < 1.29 is 8.78 Å². The van der Waals surface area contributed by atoms with Crippen LogP contribution in [0.2, 0.25) is 0 Å². The standard InChI is InChI=1S/C12H14BrF2N/c1-11(8-12(14,15)6-7-16-11)9-4-2-3-5-10(9)13/h2-5,16H,6-8H2,1H3. The Hall–Kier alpha value is -0.480. The molecule has 88 valence electrons. The molecule has 1 heterocycles. The summed E-state index contributed by atoms with van der Waals surface area (Å²) in [5, 5.41) is 3.20. The predicted molar refractivity (Wildman–Crippen MR) is 63.7 cm³/mol. The molecule has 0 aliphatic carbocycles. The maximum absolute atomic E-state index is 13.5. The largest absolute Gasteiger partial charge is 0.307 e. The summed E-state index contributed by atoms with van der Waals surface area (Å²) >= 11 is 3.42. The molecule has 0 amide bonds. The van der Waals surface area contributed by atoms with Gasteiger partial charge in [-0.3, -0.25) is 0 Å². The van der Waals surface area contributed by atoms with Crippen LogP contribution in [0.15, 0.2) is 28.7 Å². The highest BCUT2D eigenvalue weighted by Gasteiger charge is 2.44. The first kappa shape index (κ1) is 12.0. The topological polar surface area (TPSA) is 12.0 Å². The van der Waals surface area contributed by atoms with Crippen molar-refractivity contribution >= 4 is 15.9 Å². The molecule has 0 spiro atoms. The van der Waals surface area contributed by atoms with Gasteiger partial charge in [0.15, 0.2) is 0 Å². The van der Waals surface area contributed by atoms with Crippen LogP contribution in [0.25, 0.3) is 0 Å². The Balaban J connectivity index is 2.35. The lowest BCUT2D eigenvalue weighted by Crippen LogP contribution is -2.50. The van der Waals surface area contributed by atoms with Gasteiger partial charge in [-0.1, -0.05) is 34.1 Å². The van der Waals surface area contributed by atoms with E-state index >= 15 is 0 Å². The van der Waals surface area contributed by atoms with Crippen molar-refractivity contribution in [3.63, 3.8) is 0 Å². The average Bonchev–Trinajstić information content (AvgIpc) is 2.16. The van der Waals surface area contributed by atoms with Gasteiger partial charge in [-0.2, -0.15) is 0 Å². The molecule has 1 unspecified atom stereocenters. The normalized spacial score (nSPS) is 29.0. The van der Waals surface area contributed by atoms with Gasteiger partial charge in [0.25, 0.3) is 5.92 Å². The lowest BCUT2D eigenvalue weighted by atomic mass is 9.82. The van der Waals surface area contributed by atoms with E-state index in [1.165, 1.54) is 0 Å². The summed E-state index contributed by atoms with van der Waals surface area (Å²) in [6.07, 6.45) is -0.227. The summed E-state index contributed by atoms with van der Waals surface area (Å²) in [6.45, 7) is 2.19. The quantitative estimate of drug-likeness (QED) is 0.832. The molecule has 1 nitrogen and oxygen atoms in total. The van der Waals surface area contributed by atoms with Crippen molar-refractivity contribution in [3.05, 3.63) is 34.3 Å². The van der Waals surface area contributed by atoms with Gasteiger partial charge in [-0.15, -0.1) is 0 Å². The molecule has 0 radical (unpaired) electrons. The molecule has 1 fully saturated rings. The highest BCUT2D eigenvalue weighted by atomic mass is 79.9. The van der Waals surface area contributed by atoms with Gasteiger partial charge < -0.3 is 5.32 Å². The van der Waals surface area contributed by atoms with Crippen LogP contribution in [-0.2, 0) is 5.54 Å². The molecule has 0 saturated carbocycles. The van der Waals surface area contributed by atoms with E-state index in [0.29, 0.717) is 6.54 Å². The minimum atomic E-state index is -2.57. The Labute approximate surface area is 102 Å². The third-order valence-electron chi connectivity index (χ3n) is 3.09.